The van der Waals surface area contributed by atoms with Gasteiger partial charge in [-0.1, -0.05) is 75.2 Å². The van der Waals surface area contributed by atoms with Crippen molar-refractivity contribution in [3.8, 4) is 0 Å². The number of nitrogens with one attached hydrogen (secondary N) is 1. The van der Waals surface area contributed by atoms with Gasteiger partial charge in [-0.15, -0.1) is 0 Å². The zero-order valence-electron chi connectivity index (χ0n) is 21.1. The van der Waals surface area contributed by atoms with Crippen LogP contribution in [0, 0.1) is 0 Å². The maximum Gasteiger partial charge on any atom is 0.244 e. The van der Waals surface area contributed by atoms with Crippen molar-refractivity contribution in [3.63, 3.8) is 0 Å². The summed E-state index contributed by atoms with van der Waals surface area (Å²) in [6.07, 6.45) is 2.83. The molecule has 0 aliphatic heterocycles. The van der Waals surface area contributed by atoms with Crippen molar-refractivity contribution in [1.82, 2.24) is 10.2 Å². The van der Waals surface area contributed by atoms with Gasteiger partial charge in [0.05, 0.1) is 11.9 Å². The van der Waals surface area contributed by atoms with Crippen molar-refractivity contribution < 1.29 is 18.0 Å². The Balaban J connectivity index is 2.43. The largest absolute Gasteiger partial charge is 0.354 e. The van der Waals surface area contributed by atoms with Gasteiger partial charge in [0, 0.05) is 18.1 Å². The molecule has 35 heavy (non-hydrogen) atoms. The number of halogens is 1. The SMILES string of the molecule is CCCCNC(=O)[C@H](C)N(Cc1ccccc1Cl)C(=O)CN(c1ccccc1C(C)C)S(C)(=O)=O. The van der Waals surface area contributed by atoms with Crippen LogP contribution < -0.4 is 9.62 Å². The van der Waals surface area contributed by atoms with Gasteiger partial charge in [0.2, 0.25) is 21.8 Å². The van der Waals surface area contributed by atoms with Crippen molar-refractivity contribution in [2.45, 2.75) is 59.0 Å². The van der Waals surface area contributed by atoms with Crippen LogP contribution in [0.3, 0.4) is 0 Å². The topological polar surface area (TPSA) is 86.8 Å². The number of unbranched alkanes of at least 4 members (excludes halogenated alkanes) is 1. The van der Waals surface area contributed by atoms with Crippen LogP contribution in [0.4, 0.5) is 5.69 Å². The first-order valence-electron chi connectivity index (χ1n) is 11.8. The predicted octanol–water partition coefficient (Wildman–Crippen LogP) is 4.56. The molecule has 1 atom stereocenters. The maximum atomic E-state index is 13.6. The molecule has 2 aromatic rings. The van der Waals surface area contributed by atoms with Crippen LogP contribution in [0.15, 0.2) is 48.5 Å². The van der Waals surface area contributed by atoms with E-state index in [0.717, 1.165) is 29.0 Å². The summed E-state index contributed by atoms with van der Waals surface area (Å²) in [5, 5.41) is 3.33. The molecule has 1 N–H and O–H groups in total. The molecule has 0 spiro atoms. The third kappa shape index (κ3) is 7.97. The van der Waals surface area contributed by atoms with E-state index in [1.807, 2.05) is 32.9 Å². The average molecular weight is 522 g/mol. The smallest absolute Gasteiger partial charge is 0.244 e. The highest BCUT2D eigenvalue weighted by molar-refractivity contribution is 7.92. The lowest BCUT2D eigenvalue weighted by Crippen LogP contribution is -2.51. The highest BCUT2D eigenvalue weighted by Crippen LogP contribution is 2.29. The summed E-state index contributed by atoms with van der Waals surface area (Å²) < 4.78 is 26.7. The lowest BCUT2D eigenvalue weighted by Gasteiger charge is -2.32. The molecule has 0 aliphatic carbocycles. The van der Waals surface area contributed by atoms with Crippen molar-refractivity contribution >= 4 is 39.1 Å². The summed E-state index contributed by atoms with van der Waals surface area (Å²) in [6, 6.07) is 13.4. The number of nitrogens with zero attached hydrogens (tertiary/aromatic N) is 2. The van der Waals surface area contributed by atoms with Crippen LogP contribution >= 0.6 is 11.6 Å². The highest BCUT2D eigenvalue weighted by Gasteiger charge is 2.31. The molecule has 0 aliphatic rings. The maximum absolute atomic E-state index is 13.6. The molecule has 0 saturated heterocycles. The van der Waals surface area contributed by atoms with Gasteiger partial charge in [-0.25, -0.2) is 8.42 Å². The molecule has 0 heterocycles. The Morgan fingerprint density at radius 1 is 1.03 bits per heavy atom. The van der Waals surface area contributed by atoms with Crippen molar-refractivity contribution in [2.24, 2.45) is 0 Å². The second-order valence-corrected chi connectivity index (χ2v) is 11.2. The number of hydrogen-bond donors (Lipinski definition) is 1. The number of para-hydroxylation sites is 1. The molecule has 192 valence electrons. The summed E-state index contributed by atoms with van der Waals surface area (Å²) in [5.41, 5.74) is 1.94. The number of amides is 2. The molecule has 0 saturated carbocycles. The van der Waals surface area contributed by atoms with E-state index in [1.165, 1.54) is 4.90 Å². The van der Waals surface area contributed by atoms with Gasteiger partial charge in [-0.2, -0.15) is 0 Å². The van der Waals surface area contributed by atoms with Gasteiger partial charge in [0.15, 0.2) is 0 Å². The number of benzene rings is 2. The second kappa shape index (κ2) is 12.9. The lowest BCUT2D eigenvalue weighted by molar-refractivity contribution is -0.139. The first-order valence-corrected chi connectivity index (χ1v) is 14.1. The Morgan fingerprint density at radius 3 is 2.26 bits per heavy atom. The van der Waals surface area contributed by atoms with Gasteiger partial charge in [-0.3, -0.25) is 13.9 Å². The minimum absolute atomic E-state index is 0.0491. The molecule has 0 unspecified atom stereocenters. The molecule has 0 radical (unpaired) electrons. The summed E-state index contributed by atoms with van der Waals surface area (Å²) in [6.45, 7) is 7.75. The molecule has 0 aromatic heterocycles. The summed E-state index contributed by atoms with van der Waals surface area (Å²) in [4.78, 5) is 27.9. The minimum Gasteiger partial charge on any atom is -0.354 e. The zero-order valence-corrected chi connectivity index (χ0v) is 22.7. The second-order valence-electron chi connectivity index (χ2n) is 8.92. The fourth-order valence-corrected chi connectivity index (χ4v) is 4.79. The number of carbonyl (C=O) groups is 2. The van der Waals surface area contributed by atoms with Crippen LogP contribution in [0.2, 0.25) is 5.02 Å². The van der Waals surface area contributed by atoms with Crippen LogP contribution in [-0.2, 0) is 26.2 Å². The Kier molecular flexibility index (Phi) is 10.6. The number of hydrogen-bond acceptors (Lipinski definition) is 4. The van der Waals surface area contributed by atoms with Gasteiger partial charge < -0.3 is 10.2 Å². The van der Waals surface area contributed by atoms with Crippen LogP contribution in [0.1, 0.15) is 57.6 Å². The molecule has 2 rings (SSSR count). The summed E-state index contributed by atoms with van der Waals surface area (Å²) >= 11 is 6.34. The molecule has 0 fully saturated rings. The summed E-state index contributed by atoms with van der Waals surface area (Å²) in [7, 11) is -3.79. The van der Waals surface area contributed by atoms with E-state index in [4.69, 9.17) is 11.6 Å². The average Bonchev–Trinajstić information content (AvgIpc) is 2.80. The van der Waals surface area contributed by atoms with E-state index >= 15 is 0 Å². The molecular formula is C26H36ClN3O4S. The molecule has 0 bridgehead atoms. The van der Waals surface area contributed by atoms with Gasteiger partial charge in [-0.05, 0) is 42.5 Å². The van der Waals surface area contributed by atoms with E-state index in [1.54, 1.807) is 43.3 Å². The molecular weight excluding hydrogens is 486 g/mol. The molecule has 2 aromatic carbocycles. The number of sulfonamides is 1. The van der Waals surface area contributed by atoms with Crippen molar-refractivity contribution in [1.29, 1.82) is 0 Å². The van der Waals surface area contributed by atoms with Gasteiger partial charge in [0.1, 0.15) is 12.6 Å². The molecule has 7 nitrogen and oxygen atoms in total. The Bertz CT molecular complexity index is 1120. The number of rotatable bonds is 12. The Labute approximate surface area is 214 Å². The van der Waals surface area contributed by atoms with Crippen molar-refractivity contribution in [2.75, 3.05) is 23.7 Å². The Morgan fingerprint density at radius 2 is 1.66 bits per heavy atom. The predicted molar refractivity (Wildman–Crippen MR) is 142 cm³/mol. The lowest BCUT2D eigenvalue weighted by atomic mass is 10.0. The van der Waals surface area contributed by atoms with Crippen LogP contribution in [-0.4, -0.2) is 50.5 Å². The Hall–Kier alpha value is -2.58. The highest BCUT2D eigenvalue weighted by atomic mass is 35.5. The third-order valence-corrected chi connectivity index (χ3v) is 7.30. The van der Waals surface area contributed by atoms with E-state index < -0.39 is 28.5 Å². The van der Waals surface area contributed by atoms with Gasteiger partial charge in [0.25, 0.3) is 0 Å². The first kappa shape index (κ1) is 28.7. The van der Waals surface area contributed by atoms with Crippen molar-refractivity contribution in [3.05, 3.63) is 64.7 Å². The summed E-state index contributed by atoms with van der Waals surface area (Å²) in [5.74, 6) is -0.743. The van der Waals surface area contributed by atoms with Crippen LogP contribution in [0.25, 0.3) is 0 Å². The van der Waals surface area contributed by atoms with E-state index in [9.17, 15) is 18.0 Å². The van der Waals surface area contributed by atoms with E-state index in [0.29, 0.717) is 22.8 Å². The monoisotopic (exact) mass is 521 g/mol. The van der Waals surface area contributed by atoms with E-state index in [-0.39, 0.29) is 18.4 Å². The zero-order chi connectivity index (χ0) is 26.2. The third-order valence-electron chi connectivity index (χ3n) is 5.80. The van der Waals surface area contributed by atoms with E-state index in [2.05, 4.69) is 5.32 Å². The molecule has 2 amide bonds. The normalized spacial score (nSPS) is 12.3. The standard InChI is InChI=1S/C26H36ClN3O4S/c1-6-7-16-28-26(32)20(4)29(17-21-12-8-10-14-23(21)27)25(31)18-30(35(5,33)34)24-15-11-9-13-22(24)19(2)3/h8-15,19-20H,6-7,16-18H2,1-5H3,(H,28,32)/t20-/m0/s1. The quantitative estimate of drug-likeness (QED) is 0.415. The fourth-order valence-electron chi connectivity index (χ4n) is 3.73. The van der Waals surface area contributed by atoms with Crippen LogP contribution in [0.5, 0.6) is 0 Å². The van der Waals surface area contributed by atoms with Gasteiger partial charge >= 0.3 is 0 Å². The number of anilines is 1. The first-order chi connectivity index (χ1) is 16.5. The molecule has 9 heteroatoms. The minimum atomic E-state index is -3.79. The fraction of sp³-hybridized carbons (Fsp3) is 0.462. The number of carbonyl (C=O) groups excluding carboxylic acids is 2.